The zero-order chi connectivity index (χ0) is 13.5. The van der Waals surface area contributed by atoms with Gasteiger partial charge in [-0.25, -0.2) is 0 Å². The maximum Gasteiger partial charge on any atom is 0.191 e. The Bertz CT molecular complexity index is 414. The molecule has 1 aliphatic rings. The summed E-state index contributed by atoms with van der Waals surface area (Å²) in [6.45, 7) is 5.04. The molecule has 0 aromatic heterocycles. The van der Waals surface area contributed by atoms with Gasteiger partial charge in [-0.15, -0.1) is 35.7 Å². The molecule has 0 atom stereocenters. The van der Waals surface area contributed by atoms with Crippen molar-refractivity contribution in [1.29, 1.82) is 0 Å². The predicted octanol–water partition coefficient (Wildman–Crippen LogP) is 3.51. The number of piperidine rings is 1. The Balaban J connectivity index is 0.00000200. The number of aryl methyl sites for hydroxylation is 1. The predicted molar refractivity (Wildman–Crippen MR) is 99.2 cm³/mol. The van der Waals surface area contributed by atoms with Crippen molar-refractivity contribution in [2.45, 2.75) is 31.1 Å². The number of likely N-dealkylation sites (tertiary alicyclic amines) is 1. The van der Waals surface area contributed by atoms with Crippen LogP contribution in [0.25, 0.3) is 0 Å². The van der Waals surface area contributed by atoms with Gasteiger partial charge >= 0.3 is 0 Å². The summed E-state index contributed by atoms with van der Waals surface area (Å²) in [5.41, 5.74) is 7.32. The zero-order valence-corrected chi connectivity index (χ0v) is 15.2. The molecular weight excluding hydrogens is 381 g/mol. The van der Waals surface area contributed by atoms with E-state index in [1.807, 2.05) is 11.8 Å². The Morgan fingerprint density at radius 3 is 2.50 bits per heavy atom. The second-order valence-electron chi connectivity index (χ2n) is 4.95. The van der Waals surface area contributed by atoms with Crippen molar-refractivity contribution in [1.82, 2.24) is 4.90 Å². The van der Waals surface area contributed by atoms with Crippen LogP contribution in [0.3, 0.4) is 0 Å². The van der Waals surface area contributed by atoms with E-state index < -0.39 is 0 Å². The fourth-order valence-corrected chi connectivity index (χ4v) is 2.93. The van der Waals surface area contributed by atoms with Crippen molar-refractivity contribution < 1.29 is 0 Å². The van der Waals surface area contributed by atoms with Crippen LogP contribution in [-0.2, 0) is 0 Å². The molecule has 1 fully saturated rings. The number of nitrogens with two attached hydrogens (primary N) is 1. The van der Waals surface area contributed by atoms with Crippen LogP contribution in [-0.4, -0.2) is 36.2 Å². The molecule has 1 aliphatic heterocycles. The maximum absolute atomic E-state index is 6.01. The second-order valence-corrected chi connectivity index (χ2v) is 6.12. The van der Waals surface area contributed by atoms with Gasteiger partial charge in [0.2, 0.25) is 0 Å². The smallest absolute Gasteiger partial charge is 0.191 e. The van der Waals surface area contributed by atoms with Gasteiger partial charge in [0.15, 0.2) is 5.96 Å². The third-order valence-corrected chi connectivity index (χ3v) is 4.33. The molecule has 0 saturated carbocycles. The summed E-state index contributed by atoms with van der Waals surface area (Å²) < 4.78 is 0. The lowest BCUT2D eigenvalue weighted by Gasteiger charge is -2.27. The molecule has 1 heterocycles. The zero-order valence-electron chi connectivity index (χ0n) is 12.0. The van der Waals surface area contributed by atoms with Crippen molar-refractivity contribution in [3.8, 4) is 0 Å². The molecule has 2 rings (SSSR count). The van der Waals surface area contributed by atoms with Gasteiger partial charge < -0.3 is 10.6 Å². The molecule has 5 heteroatoms. The number of hydrogen-bond donors (Lipinski definition) is 1. The average molecular weight is 405 g/mol. The lowest BCUT2D eigenvalue weighted by molar-refractivity contribution is 0.338. The normalized spacial score (nSPS) is 15.8. The van der Waals surface area contributed by atoms with Crippen molar-refractivity contribution in [2.75, 3.05) is 25.4 Å². The summed E-state index contributed by atoms with van der Waals surface area (Å²) in [4.78, 5) is 7.99. The fourth-order valence-electron chi connectivity index (χ4n) is 2.18. The molecule has 2 N–H and O–H groups in total. The summed E-state index contributed by atoms with van der Waals surface area (Å²) in [7, 11) is 0. The van der Waals surface area contributed by atoms with Crippen LogP contribution in [0.4, 0.5) is 0 Å². The Morgan fingerprint density at radius 2 is 1.85 bits per heavy atom. The van der Waals surface area contributed by atoms with Crippen molar-refractivity contribution in [2.24, 2.45) is 10.7 Å². The minimum Gasteiger partial charge on any atom is -0.370 e. The Labute approximate surface area is 143 Å². The maximum atomic E-state index is 6.01. The molecule has 0 amide bonds. The number of benzene rings is 1. The minimum absolute atomic E-state index is 0. The summed E-state index contributed by atoms with van der Waals surface area (Å²) in [6, 6.07) is 8.62. The Kier molecular flexibility index (Phi) is 8.37. The van der Waals surface area contributed by atoms with Crippen LogP contribution in [0, 0.1) is 6.92 Å². The van der Waals surface area contributed by atoms with Gasteiger partial charge in [-0.3, -0.25) is 4.99 Å². The van der Waals surface area contributed by atoms with E-state index in [1.165, 1.54) is 29.7 Å². The quantitative estimate of drug-likeness (QED) is 0.274. The lowest BCUT2D eigenvalue weighted by atomic mass is 10.1. The first-order chi connectivity index (χ1) is 9.25. The lowest BCUT2D eigenvalue weighted by Crippen LogP contribution is -2.41. The van der Waals surface area contributed by atoms with Gasteiger partial charge in [0, 0.05) is 23.7 Å². The highest BCUT2D eigenvalue weighted by Gasteiger charge is 2.11. The van der Waals surface area contributed by atoms with E-state index in [4.69, 9.17) is 5.73 Å². The topological polar surface area (TPSA) is 41.6 Å². The molecular formula is C15H24IN3S. The Morgan fingerprint density at radius 1 is 1.20 bits per heavy atom. The summed E-state index contributed by atoms with van der Waals surface area (Å²) in [5.74, 6) is 1.71. The first kappa shape index (κ1) is 17.6. The number of nitrogens with zero attached hydrogens (tertiary/aromatic N) is 2. The third-order valence-electron chi connectivity index (χ3n) is 3.33. The molecule has 0 radical (unpaired) electrons. The molecule has 20 heavy (non-hydrogen) atoms. The van der Waals surface area contributed by atoms with E-state index in [9.17, 15) is 0 Å². The Hall–Kier alpha value is -0.430. The van der Waals surface area contributed by atoms with E-state index in [0.717, 1.165) is 31.3 Å². The molecule has 112 valence electrons. The van der Waals surface area contributed by atoms with Crippen LogP contribution >= 0.6 is 35.7 Å². The second kappa shape index (κ2) is 9.50. The van der Waals surface area contributed by atoms with Crippen molar-refractivity contribution in [3.05, 3.63) is 29.8 Å². The van der Waals surface area contributed by atoms with Crippen LogP contribution in [0.2, 0.25) is 0 Å². The van der Waals surface area contributed by atoms with E-state index in [0.29, 0.717) is 0 Å². The highest BCUT2D eigenvalue weighted by Crippen LogP contribution is 2.17. The monoisotopic (exact) mass is 405 g/mol. The van der Waals surface area contributed by atoms with E-state index in [1.54, 1.807) is 0 Å². The average Bonchev–Trinajstić information content (AvgIpc) is 2.46. The van der Waals surface area contributed by atoms with E-state index >= 15 is 0 Å². The number of guanidine groups is 1. The molecule has 3 nitrogen and oxygen atoms in total. The van der Waals surface area contributed by atoms with Crippen LogP contribution < -0.4 is 5.73 Å². The number of rotatable bonds is 4. The summed E-state index contributed by atoms with van der Waals surface area (Å²) in [5, 5.41) is 0. The highest BCUT2D eigenvalue weighted by molar-refractivity contribution is 14.0. The highest BCUT2D eigenvalue weighted by atomic mass is 127. The van der Waals surface area contributed by atoms with Gasteiger partial charge in [-0.1, -0.05) is 17.7 Å². The standard InChI is InChI=1S/C15H23N3S.HI/c1-13-5-7-14(8-6-13)19-12-9-17-15(16)18-10-3-2-4-11-18;/h5-8H,2-4,9-12H2,1H3,(H2,16,17);1H. The molecule has 1 saturated heterocycles. The van der Waals surface area contributed by atoms with Gasteiger partial charge in [0.1, 0.15) is 0 Å². The van der Waals surface area contributed by atoms with Crippen LogP contribution in [0.5, 0.6) is 0 Å². The van der Waals surface area contributed by atoms with Gasteiger partial charge in [-0.2, -0.15) is 0 Å². The van der Waals surface area contributed by atoms with Crippen LogP contribution in [0.15, 0.2) is 34.2 Å². The van der Waals surface area contributed by atoms with Crippen LogP contribution in [0.1, 0.15) is 24.8 Å². The van der Waals surface area contributed by atoms with Gasteiger partial charge in [0.25, 0.3) is 0 Å². The number of aliphatic imine (C=N–C) groups is 1. The van der Waals surface area contributed by atoms with Crippen molar-refractivity contribution in [3.63, 3.8) is 0 Å². The largest absolute Gasteiger partial charge is 0.370 e. The van der Waals surface area contributed by atoms with Gasteiger partial charge in [-0.05, 0) is 38.3 Å². The molecule has 0 unspecified atom stereocenters. The van der Waals surface area contributed by atoms with Crippen molar-refractivity contribution >= 4 is 41.7 Å². The molecule has 1 aromatic rings. The first-order valence-electron chi connectivity index (χ1n) is 7.00. The fraction of sp³-hybridized carbons (Fsp3) is 0.533. The first-order valence-corrected chi connectivity index (χ1v) is 7.98. The van der Waals surface area contributed by atoms with E-state index in [2.05, 4.69) is 41.1 Å². The summed E-state index contributed by atoms with van der Waals surface area (Å²) in [6.07, 6.45) is 3.82. The number of hydrogen-bond acceptors (Lipinski definition) is 2. The van der Waals surface area contributed by atoms with Gasteiger partial charge in [0.05, 0.1) is 6.54 Å². The summed E-state index contributed by atoms with van der Waals surface area (Å²) >= 11 is 1.84. The molecule has 0 aliphatic carbocycles. The molecule has 0 bridgehead atoms. The third kappa shape index (κ3) is 5.91. The minimum atomic E-state index is 0. The molecule has 1 aromatic carbocycles. The van der Waals surface area contributed by atoms with E-state index in [-0.39, 0.29) is 24.0 Å². The number of thioether (sulfide) groups is 1. The SMILES string of the molecule is Cc1ccc(SCCN=C(N)N2CCCCC2)cc1.I. The number of halogens is 1. The molecule has 0 spiro atoms.